The number of hydrogen-bond acceptors (Lipinski definition) is 6. The van der Waals surface area contributed by atoms with E-state index in [1.165, 1.54) is 11.3 Å². The molecule has 1 atom stereocenters. The SMILES string of the molecule is Cc1nc(C(=O)N2CCCC[C@H]2CNC(=O)c2c(C)nc3sccn23)c(-c2ccccc2C)s1. The molecule has 4 heterocycles. The highest BCUT2D eigenvalue weighted by atomic mass is 32.1. The maximum atomic E-state index is 13.7. The van der Waals surface area contributed by atoms with E-state index >= 15 is 0 Å². The predicted molar refractivity (Wildman–Crippen MR) is 136 cm³/mol. The lowest BCUT2D eigenvalue weighted by Gasteiger charge is -2.35. The Bertz CT molecular complexity index is 1370. The number of amides is 2. The highest BCUT2D eigenvalue weighted by molar-refractivity contribution is 7.15. The van der Waals surface area contributed by atoms with E-state index in [1.54, 1.807) is 11.3 Å². The first-order valence-electron chi connectivity index (χ1n) is 11.5. The van der Waals surface area contributed by atoms with Gasteiger partial charge in [0, 0.05) is 30.7 Å². The van der Waals surface area contributed by atoms with Crippen molar-refractivity contribution in [2.75, 3.05) is 13.1 Å². The van der Waals surface area contributed by atoms with E-state index in [0.29, 0.717) is 30.2 Å². The van der Waals surface area contributed by atoms with Crippen molar-refractivity contribution in [2.45, 2.75) is 46.1 Å². The molecular weight excluding hydrogens is 466 g/mol. The molecule has 2 amide bonds. The Balaban J connectivity index is 1.37. The van der Waals surface area contributed by atoms with Gasteiger partial charge >= 0.3 is 0 Å². The molecule has 0 aliphatic carbocycles. The fourth-order valence-corrected chi connectivity index (χ4v) is 6.42. The fourth-order valence-electron chi connectivity index (χ4n) is 4.66. The van der Waals surface area contributed by atoms with Crippen LogP contribution in [0.3, 0.4) is 0 Å². The number of rotatable bonds is 5. The van der Waals surface area contributed by atoms with E-state index in [-0.39, 0.29) is 17.9 Å². The molecule has 3 aromatic heterocycles. The van der Waals surface area contributed by atoms with Gasteiger partial charge in [-0.3, -0.25) is 14.0 Å². The zero-order chi connectivity index (χ0) is 23.8. The number of hydrogen-bond donors (Lipinski definition) is 1. The number of benzene rings is 1. The molecular formula is C25H27N5O2S2. The van der Waals surface area contributed by atoms with Crippen LogP contribution in [0.5, 0.6) is 0 Å². The third-order valence-corrected chi connectivity index (χ3v) is 8.12. The molecule has 0 spiro atoms. The molecule has 1 fully saturated rings. The number of nitrogens with one attached hydrogen (secondary N) is 1. The smallest absolute Gasteiger partial charge is 0.274 e. The highest BCUT2D eigenvalue weighted by Gasteiger charge is 2.32. The number of thiazole rings is 2. The summed E-state index contributed by atoms with van der Waals surface area (Å²) < 4.78 is 1.83. The summed E-state index contributed by atoms with van der Waals surface area (Å²) in [5, 5.41) is 5.86. The van der Waals surface area contributed by atoms with Crippen LogP contribution >= 0.6 is 22.7 Å². The third kappa shape index (κ3) is 4.14. The Hall–Kier alpha value is -3.04. The van der Waals surface area contributed by atoms with Crippen molar-refractivity contribution in [3.8, 4) is 10.4 Å². The first-order chi connectivity index (χ1) is 16.4. The largest absolute Gasteiger partial charge is 0.349 e. The van der Waals surface area contributed by atoms with Gasteiger partial charge in [0.15, 0.2) is 4.96 Å². The van der Waals surface area contributed by atoms with Crippen LogP contribution in [-0.4, -0.2) is 50.2 Å². The molecule has 1 aromatic carbocycles. The summed E-state index contributed by atoms with van der Waals surface area (Å²) in [5.41, 5.74) is 3.96. The lowest BCUT2D eigenvalue weighted by atomic mass is 10.0. The van der Waals surface area contributed by atoms with Crippen LogP contribution < -0.4 is 5.32 Å². The molecule has 0 unspecified atom stereocenters. The van der Waals surface area contributed by atoms with Gasteiger partial charge in [-0.1, -0.05) is 24.3 Å². The zero-order valence-corrected chi connectivity index (χ0v) is 21.1. The lowest BCUT2D eigenvalue weighted by molar-refractivity contribution is 0.0597. The van der Waals surface area contributed by atoms with E-state index < -0.39 is 0 Å². The second kappa shape index (κ2) is 9.31. The van der Waals surface area contributed by atoms with Gasteiger partial charge in [-0.25, -0.2) is 9.97 Å². The number of carbonyl (C=O) groups excluding carboxylic acids is 2. The Morgan fingerprint density at radius 1 is 1.15 bits per heavy atom. The minimum atomic E-state index is -0.161. The number of aryl methyl sites for hydroxylation is 3. The molecule has 1 aliphatic heterocycles. The van der Waals surface area contributed by atoms with E-state index in [1.807, 2.05) is 52.9 Å². The van der Waals surface area contributed by atoms with E-state index in [9.17, 15) is 9.59 Å². The highest BCUT2D eigenvalue weighted by Crippen LogP contribution is 2.34. The topological polar surface area (TPSA) is 79.6 Å². The number of carbonyl (C=O) groups is 2. The second-order valence-electron chi connectivity index (χ2n) is 8.69. The summed E-state index contributed by atoms with van der Waals surface area (Å²) in [4.78, 5) is 39.5. The van der Waals surface area contributed by atoms with Gasteiger partial charge in [0.2, 0.25) is 0 Å². The Morgan fingerprint density at radius 2 is 1.97 bits per heavy atom. The Kier molecular flexibility index (Phi) is 6.22. The molecule has 0 bridgehead atoms. The van der Waals surface area contributed by atoms with Crippen LogP contribution in [-0.2, 0) is 0 Å². The quantitative estimate of drug-likeness (QED) is 0.430. The summed E-state index contributed by atoms with van der Waals surface area (Å²) >= 11 is 3.06. The number of likely N-dealkylation sites (tertiary alicyclic amines) is 1. The molecule has 0 saturated carbocycles. The fraction of sp³-hybridized carbons (Fsp3) is 0.360. The number of fused-ring (bicyclic) bond motifs is 1. The minimum absolute atomic E-state index is 0.0534. The van der Waals surface area contributed by atoms with Crippen LogP contribution in [0, 0.1) is 20.8 Å². The van der Waals surface area contributed by atoms with E-state index in [2.05, 4.69) is 28.3 Å². The number of imidazole rings is 1. The van der Waals surface area contributed by atoms with E-state index in [0.717, 1.165) is 45.2 Å². The van der Waals surface area contributed by atoms with Crippen molar-refractivity contribution < 1.29 is 9.59 Å². The van der Waals surface area contributed by atoms with Crippen LogP contribution in [0.2, 0.25) is 0 Å². The first-order valence-corrected chi connectivity index (χ1v) is 13.2. The molecule has 0 radical (unpaired) electrons. The summed E-state index contributed by atoms with van der Waals surface area (Å²) in [5.74, 6) is -0.214. The first kappa shape index (κ1) is 22.7. The molecule has 1 N–H and O–H groups in total. The van der Waals surface area contributed by atoms with Crippen LogP contribution in [0.25, 0.3) is 15.4 Å². The number of aromatic nitrogens is 3. The Labute approximate surface area is 206 Å². The van der Waals surface area contributed by atoms with Crippen molar-refractivity contribution in [1.29, 1.82) is 0 Å². The molecule has 5 rings (SSSR count). The van der Waals surface area contributed by atoms with Gasteiger partial charge in [-0.05, 0) is 51.2 Å². The monoisotopic (exact) mass is 493 g/mol. The van der Waals surface area contributed by atoms with Gasteiger partial charge in [0.1, 0.15) is 11.4 Å². The average Bonchev–Trinajstić information content (AvgIpc) is 3.51. The third-order valence-electron chi connectivity index (χ3n) is 6.36. The second-order valence-corrected chi connectivity index (χ2v) is 10.8. The van der Waals surface area contributed by atoms with Gasteiger partial charge in [0.05, 0.1) is 15.6 Å². The molecule has 34 heavy (non-hydrogen) atoms. The van der Waals surface area contributed by atoms with Crippen LogP contribution in [0.1, 0.15) is 56.5 Å². The van der Waals surface area contributed by atoms with Gasteiger partial charge in [-0.2, -0.15) is 0 Å². The van der Waals surface area contributed by atoms with Crippen molar-refractivity contribution in [2.24, 2.45) is 0 Å². The maximum absolute atomic E-state index is 13.7. The molecule has 176 valence electrons. The number of piperidine rings is 1. The van der Waals surface area contributed by atoms with Gasteiger partial charge in [-0.15, -0.1) is 22.7 Å². The summed E-state index contributed by atoms with van der Waals surface area (Å²) in [7, 11) is 0. The summed E-state index contributed by atoms with van der Waals surface area (Å²) in [6.45, 7) is 6.92. The minimum Gasteiger partial charge on any atom is -0.349 e. The average molecular weight is 494 g/mol. The van der Waals surface area contributed by atoms with Gasteiger partial charge < -0.3 is 10.2 Å². The Morgan fingerprint density at radius 3 is 2.79 bits per heavy atom. The maximum Gasteiger partial charge on any atom is 0.274 e. The predicted octanol–water partition coefficient (Wildman–Crippen LogP) is 4.87. The normalized spacial score (nSPS) is 16.2. The zero-order valence-electron chi connectivity index (χ0n) is 19.5. The van der Waals surface area contributed by atoms with Crippen LogP contribution in [0.4, 0.5) is 0 Å². The standard InChI is InChI=1S/C25H27N5O2S2/c1-15-8-4-5-10-19(15)22-20(28-17(3)34-22)24(32)29-11-7-6-9-18(29)14-26-23(31)21-16(2)27-25-30(21)12-13-33-25/h4-5,8,10,12-13,18H,6-7,9,11,14H2,1-3H3,(H,26,31)/t18-/m0/s1. The molecule has 1 aliphatic rings. The van der Waals surface area contributed by atoms with Crippen LogP contribution in [0.15, 0.2) is 35.8 Å². The van der Waals surface area contributed by atoms with Crippen molar-refractivity contribution in [1.82, 2.24) is 24.6 Å². The van der Waals surface area contributed by atoms with Crippen molar-refractivity contribution in [3.63, 3.8) is 0 Å². The van der Waals surface area contributed by atoms with Gasteiger partial charge in [0.25, 0.3) is 11.8 Å². The number of nitrogens with zero attached hydrogens (tertiary/aromatic N) is 4. The summed E-state index contributed by atoms with van der Waals surface area (Å²) in [6, 6.07) is 8.03. The molecule has 9 heteroatoms. The summed E-state index contributed by atoms with van der Waals surface area (Å²) in [6.07, 6.45) is 4.71. The molecule has 4 aromatic rings. The van der Waals surface area contributed by atoms with E-state index in [4.69, 9.17) is 0 Å². The lowest BCUT2D eigenvalue weighted by Crippen LogP contribution is -2.49. The molecule has 7 nitrogen and oxygen atoms in total. The van der Waals surface area contributed by atoms with Crippen molar-refractivity contribution in [3.05, 3.63) is 63.5 Å². The van der Waals surface area contributed by atoms with Crippen molar-refractivity contribution >= 4 is 39.4 Å². The molecule has 1 saturated heterocycles.